The Morgan fingerprint density at radius 1 is 0.356 bits per heavy atom. The molecule has 0 heterocycles. The van der Waals surface area contributed by atoms with Gasteiger partial charge in [-0.15, -0.1) is 0 Å². The first kappa shape index (κ1) is 57.4. The van der Waals surface area contributed by atoms with Crippen molar-refractivity contribution < 1.29 is 23.9 Å². The summed E-state index contributed by atoms with van der Waals surface area (Å²) in [6.07, 6.45) is 46.1. The van der Waals surface area contributed by atoms with Gasteiger partial charge >= 0.3 is 11.9 Å². The second-order valence-corrected chi connectivity index (χ2v) is 18.5. The van der Waals surface area contributed by atoms with Gasteiger partial charge in [0.15, 0.2) is 0 Å². The molecule has 1 N–H and O–H groups in total. The van der Waals surface area contributed by atoms with Crippen LogP contribution in [-0.4, -0.2) is 37.1 Å². The summed E-state index contributed by atoms with van der Waals surface area (Å²) in [5, 5.41) is 3.01. The zero-order chi connectivity index (χ0) is 43.3. The van der Waals surface area contributed by atoms with Crippen LogP contribution in [0.3, 0.4) is 0 Å². The molecule has 0 aromatic carbocycles. The highest BCUT2D eigenvalue weighted by atomic mass is 16.5. The van der Waals surface area contributed by atoms with Crippen LogP contribution in [0.5, 0.6) is 0 Å². The maximum Gasteiger partial charge on any atom is 0.328 e. The van der Waals surface area contributed by atoms with Crippen LogP contribution in [0.1, 0.15) is 291 Å². The molecule has 0 fully saturated rings. The van der Waals surface area contributed by atoms with E-state index in [1.807, 2.05) is 0 Å². The molecule has 0 unspecified atom stereocenters. The van der Waals surface area contributed by atoms with E-state index in [4.69, 9.17) is 9.47 Å². The zero-order valence-corrected chi connectivity index (χ0v) is 40.5. The number of rotatable bonds is 47. The van der Waals surface area contributed by atoms with Crippen LogP contribution < -0.4 is 5.32 Å². The number of unbranched alkanes of at least 4 members (excludes halogenated alkanes) is 28. The SMILES string of the molecule is CCCCCCCCCCCC(=O)N[C@H](CCC(=O)OCC(CCCCCCCC)CCCCCCCC)C(=O)OCC(CCCCCCCC)CCCCCCCC. The number of ether oxygens (including phenoxy) is 2. The van der Waals surface area contributed by atoms with E-state index in [1.54, 1.807) is 0 Å². The molecular formula is C53H103NO5. The van der Waals surface area contributed by atoms with Crippen molar-refractivity contribution in [3.63, 3.8) is 0 Å². The van der Waals surface area contributed by atoms with Crippen molar-refractivity contribution in [1.82, 2.24) is 5.32 Å². The minimum atomic E-state index is -0.820. The second-order valence-electron chi connectivity index (χ2n) is 18.5. The van der Waals surface area contributed by atoms with Crippen molar-refractivity contribution in [3.05, 3.63) is 0 Å². The van der Waals surface area contributed by atoms with Crippen molar-refractivity contribution in [2.45, 2.75) is 297 Å². The maximum atomic E-state index is 13.7. The van der Waals surface area contributed by atoms with Crippen molar-refractivity contribution in [3.8, 4) is 0 Å². The summed E-state index contributed by atoms with van der Waals surface area (Å²) in [4.78, 5) is 40.1. The van der Waals surface area contributed by atoms with Gasteiger partial charge in [0.2, 0.25) is 5.91 Å². The zero-order valence-electron chi connectivity index (χ0n) is 40.5. The van der Waals surface area contributed by atoms with Crippen molar-refractivity contribution in [2.24, 2.45) is 11.8 Å². The van der Waals surface area contributed by atoms with Gasteiger partial charge in [-0.05, 0) is 50.4 Å². The highest BCUT2D eigenvalue weighted by Gasteiger charge is 2.25. The van der Waals surface area contributed by atoms with Crippen LogP contribution in [0.25, 0.3) is 0 Å². The largest absolute Gasteiger partial charge is 0.465 e. The number of esters is 2. The average molecular weight is 834 g/mol. The molecule has 0 aliphatic heterocycles. The lowest BCUT2D eigenvalue weighted by Crippen LogP contribution is -2.42. The molecule has 0 bridgehead atoms. The van der Waals surface area contributed by atoms with Gasteiger partial charge in [-0.3, -0.25) is 9.59 Å². The van der Waals surface area contributed by atoms with Gasteiger partial charge in [-0.25, -0.2) is 4.79 Å². The molecule has 0 aromatic rings. The number of hydrogen-bond acceptors (Lipinski definition) is 5. The Labute approximate surface area is 368 Å². The number of carbonyl (C=O) groups excluding carboxylic acids is 3. The van der Waals surface area contributed by atoms with Gasteiger partial charge in [-0.1, -0.05) is 240 Å². The monoisotopic (exact) mass is 834 g/mol. The third-order valence-corrected chi connectivity index (χ3v) is 12.6. The van der Waals surface area contributed by atoms with Crippen LogP contribution in [0.4, 0.5) is 0 Å². The summed E-state index contributed by atoms with van der Waals surface area (Å²) < 4.78 is 12.0. The van der Waals surface area contributed by atoms with Crippen LogP contribution >= 0.6 is 0 Å². The van der Waals surface area contributed by atoms with Gasteiger partial charge in [0.25, 0.3) is 0 Å². The molecule has 0 spiro atoms. The van der Waals surface area contributed by atoms with E-state index in [1.165, 1.54) is 193 Å². The van der Waals surface area contributed by atoms with E-state index >= 15 is 0 Å². The first-order valence-corrected chi connectivity index (χ1v) is 26.5. The molecule has 59 heavy (non-hydrogen) atoms. The van der Waals surface area contributed by atoms with E-state index in [0.29, 0.717) is 31.5 Å². The molecule has 0 radical (unpaired) electrons. The second kappa shape index (κ2) is 45.9. The molecule has 6 heteroatoms. The lowest BCUT2D eigenvalue weighted by atomic mass is 9.94. The van der Waals surface area contributed by atoms with Gasteiger partial charge < -0.3 is 14.8 Å². The molecular weight excluding hydrogens is 731 g/mol. The van der Waals surface area contributed by atoms with Crippen LogP contribution in [0, 0.1) is 11.8 Å². The molecule has 6 nitrogen and oxygen atoms in total. The van der Waals surface area contributed by atoms with E-state index in [0.717, 1.165) is 44.9 Å². The van der Waals surface area contributed by atoms with E-state index in [9.17, 15) is 14.4 Å². The molecule has 0 aromatic heterocycles. The molecule has 1 amide bonds. The Hall–Kier alpha value is -1.59. The van der Waals surface area contributed by atoms with Crippen LogP contribution in [0.15, 0.2) is 0 Å². The smallest absolute Gasteiger partial charge is 0.328 e. The normalized spacial score (nSPS) is 12.1. The highest BCUT2D eigenvalue weighted by Crippen LogP contribution is 2.22. The number of hydrogen-bond donors (Lipinski definition) is 1. The van der Waals surface area contributed by atoms with Gasteiger partial charge in [0.05, 0.1) is 13.2 Å². The first-order chi connectivity index (χ1) is 28.9. The summed E-state index contributed by atoms with van der Waals surface area (Å²) in [6, 6.07) is -0.820. The van der Waals surface area contributed by atoms with Gasteiger partial charge in [-0.2, -0.15) is 0 Å². The third kappa shape index (κ3) is 40.3. The summed E-state index contributed by atoms with van der Waals surface area (Å²) in [7, 11) is 0. The highest BCUT2D eigenvalue weighted by molar-refractivity contribution is 5.85. The molecule has 0 saturated carbocycles. The standard InChI is InChI=1S/C53H103NO5/c1-6-11-16-21-26-27-28-33-38-43-51(55)54-50(53(57)59-47-49(41-36-31-24-19-14-9-4)42-37-32-25-20-15-10-5)44-45-52(56)58-46-48(39-34-29-22-17-12-7-2)40-35-30-23-18-13-8-3/h48-50H,6-47H2,1-5H3,(H,54,55)/t50-/m1/s1. The minimum absolute atomic E-state index is 0.109. The minimum Gasteiger partial charge on any atom is -0.465 e. The first-order valence-electron chi connectivity index (χ1n) is 26.5. The lowest BCUT2D eigenvalue weighted by Gasteiger charge is -2.21. The van der Waals surface area contributed by atoms with Crippen LogP contribution in [0.2, 0.25) is 0 Å². The molecule has 0 aliphatic rings. The Balaban J connectivity index is 5.36. The fourth-order valence-corrected chi connectivity index (χ4v) is 8.43. The van der Waals surface area contributed by atoms with Crippen molar-refractivity contribution in [2.75, 3.05) is 13.2 Å². The van der Waals surface area contributed by atoms with Gasteiger partial charge in [0, 0.05) is 12.8 Å². The van der Waals surface area contributed by atoms with E-state index < -0.39 is 12.0 Å². The average Bonchev–Trinajstić information content (AvgIpc) is 3.23. The number of carbonyl (C=O) groups is 3. The van der Waals surface area contributed by atoms with Crippen molar-refractivity contribution >= 4 is 17.8 Å². The Bertz CT molecular complexity index is 876. The molecule has 350 valence electrons. The Kier molecular flexibility index (Phi) is 44.7. The summed E-state index contributed by atoms with van der Waals surface area (Å²) >= 11 is 0. The predicted molar refractivity (Wildman–Crippen MR) is 254 cm³/mol. The third-order valence-electron chi connectivity index (χ3n) is 12.6. The van der Waals surface area contributed by atoms with E-state index in [-0.39, 0.29) is 24.7 Å². The van der Waals surface area contributed by atoms with Gasteiger partial charge in [0.1, 0.15) is 6.04 Å². The summed E-state index contributed by atoms with van der Waals surface area (Å²) in [5.74, 6) is -0.0379. The Morgan fingerprint density at radius 3 is 1.02 bits per heavy atom. The topological polar surface area (TPSA) is 81.7 Å². The van der Waals surface area contributed by atoms with Crippen molar-refractivity contribution in [1.29, 1.82) is 0 Å². The maximum absolute atomic E-state index is 13.7. The number of amides is 1. The molecule has 0 saturated heterocycles. The fourth-order valence-electron chi connectivity index (χ4n) is 8.43. The van der Waals surface area contributed by atoms with Crippen LogP contribution in [-0.2, 0) is 23.9 Å². The molecule has 1 atom stereocenters. The van der Waals surface area contributed by atoms with E-state index in [2.05, 4.69) is 39.9 Å². The summed E-state index contributed by atoms with van der Waals surface area (Å²) in [6.45, 7) is 12.1. The molecule has 0 aliphatic carbocycles. The lowest BCUT2D eigenvalue weighted by molar-refractivity contribution is -0.150. The Morgan fingerprint density at radius 2 is 0.661 bits per heavy atom. The predicted octanol–water partition coefficient (Wildman–Crippen LogP) is 16.5. The fraction of sp³-hybridized carbons (Fsp3) is 0.943. The molecule has 0 rings (SSSR count). The summed E-state index contributed by atoms with van der Waals surface area (Å²) in [5.41, 5.74) is 0. The quantitative estimate of drug-likeness (QED) is 0.0488. The number of nitrogens with one attached hydrogen (secondary N) is 1.